The van der Waals surface area contributed by atoms with Crippen LogP contribution >= 0.6 is 0 Å². The number of benzene rings is 1. The number of hydrogen-bond acceptors (Lipinski definition) is 6. The van der Waals surface area contributed by atoms with Gasteiger partial charge in [-0.15, -0.1) is 0 Å². The van der Waals surface area contributed by atoms with E-state index < -0.39 is 39.7 Å². The number of carbonyl (C=O) groups excluding carboxylic acids is 1. The number of nitriles is 1. The number of carbonyl (C=O) groups is 1. The van der Waals surface area contributed by atoms with Crippen LogP contribution in [0.15, 0.2) is 24.4 Å². The van der Waals surface area contributed by atoms with Gasteiger partial charge < -0.3 is 15.0 Å². The number of halogens is 3. The highest BCUT2D eigenvalue weighted by Crippen LogP contribution is 2.38. The highest BCUT2D eigenvalue weighted by atomic mass is 19.4. The van der Waals surface area contributed by atoms with Crippen molar-refractivity contribution in [2.24, 2.45) is 0 Å². The van der Waals surface area contributed by atoms with Gasteiger partial charge in [0.05, 0.1) is 34.5 Å². The Hall–Kier alpha value is -3.55. The molecule has 0 unspecified atom stereocenters. The smallest absolute Gasteiger partial charge is 0.418 e. The summed E-state index contributed by atoms with van der Waals surface area (Å²) in [6, 6.07) is 3.64. The fourth-order valence-corrected chi connectivity index (χ4v) is 2.18. The number of alkyl halides is 3. The van der Waals surface area contributed by atoms with Crippen molar-refractivity contribution < 1.29 is 27.6 Å². The van der Waals surface area contributed by atoms with Crippen LogP contribution in [-0.2, 0) is 10.9 Å². The van der Waals surface area contributed by atoms with Gasteiger partial charge in [-0.2, -0.15) is 18.4 Å². The first-order valence-electron chi connectivity index (χ1n) is 6.47. The Labute approximate surface area is 138 Å². The first-order chi connectivity index (χ1) is 11.6. The van der Waals surface area contributed by atoms with Crippen LogP contribution in [0.4, 0.5) is 24.5 Å². The quantitative estimate of drug-likeness (QED) is 0.513. The average molecular weight is 354 g/mol. The Kier molecular flexibility index (Phi) is 4.38. The lowest BCUT2D eigenvalue weighted by molar-refractivity contribution is -0.385. The number of nitro benzene ring substituents is 1. The third kappa shape index (κ3) is 3.09. The first-order valence-corrected chi connectivity index (χ1v) is 6.47. The van der Waals surface area contributed by atoms with Crippen molar-refractivity contribution in [2.45, 2.75) is 6.18 Å². The van der Waals surface area contributed by atoms with Crippen LogP contribution in [0, 0.1) is 21.4 Å². The summed E-state index contributed by atoms with van der Waals surface area (Å²) in [5.41, 5.74) is 1.79. The van der Waals surface area contributed by atoms with E-state index in [0.717, 1.165) is 30.0 Å². The second kappa shape index (κ2) is 6.16. The van der Waals surface area contributed by atoms with Crippen molar-refractivity contribution in [3.05, 3.63) is 51.3 Å². The molecule has 0 atom stereocenters. The van der Waals surface area contributed by atoms with Crippen LogP contribution in [-0.4, -0.2) is 22.6 Å². The number of nitrogen functional groups attached to an aromatic ring is 1. The number of rotatable bonds is 3. The molecular weight excluding hydrogens is 345 g/mol. The Morgan fingerprint density at radius 2 is 2.08 bits per heavy atom. The molecule has 0 aliphatic rings. The molecular formula is C14H9F3N4O4. The number of nitro groups is 1. The highest BCUT2D eigenvalue weighted by molar-refractivity contribution is 5.96. The van der Waals surface area contributed by atoms with Crippen molar-refractivity contribution in [3.8, 4) is 11.8 Å². The average Bonchev–Trinajstić information content (AvgIpc) is 2.89. The van der Waals surface area contributed by atoms with E-state index in [1.807, 2.05) is 0 Å². The van der Waals surface area contributed by atoms with Gasteiger partial charge in [0.25, 0.3) is 5.69 Å². The largest absolute Gasteiger partial charge is 0.464 e. The molecule has 25 heavy (non-hydrogen) atoms. The summed E-state index contributed by atoms with van der Waals surface area (Å²) in [5, 5.41) is 19.7. The van der Waals surface area contributed by atoms with Crippen LogP contribution in [0.5, 0.6) is 0 Å². The van der Waals surface area contributed by atoms with Crippen LogP contribution < -0.4 is 5.73 Å². The van der Waals surface area contributed by atoms with E-state index >= 15 is 0 Å². The number of anilines is 1. The van der Waals surface area contributed by atoms with E-state index in [-0.39, 0.29) is 11.3 Å². The normalized spacial score (nSPS) is 11.0. The van der Waals surface area contributed by atoms with E-state index in [1.54, 1.807) is 6.07 Å². The molecule has 0 amide bonds. The zero-order chi connectivity index (χ0) is 18.9. The molecule has 0 saturated heterocycles. The third-order valence-corrected chi connectivity index (χ3v) is 3.30. The predicted octanol–water partition coefficient (Wildman–Crippen LogP) is 2.64. The van der Waals surface area contributed by atoms with Crippen molar-refractivity contribution in [3.63, 3.8) is 0 Å². The Morgan fingerprint density at radius 3 is 2.56 bits per heavy atom. The van der Waals surface area contributed by atoms with Gasteiger partial charge >= 0.3 is 12.1 Å². The van der Waals surface area contributed by atoms with Crippen LogP contribution in [0.25, 0.3) is 5.69 Å². The number of ether oxygens (including phenoxy) is 1. The fraction of sp³-hybridized carbons (Fsp3) is 0.143. The first kappa shape index (κ1) is 17.8. The number of methoxy groups -OCH3 is 1. The van der Waals surface area contributed by atoms with E-state index in [0.29, 0.717) is 6.07 Å². The molecule has 2 N–H and O–H groups in total. The maximum atomic E-state index is 13.3. The third-order valence-electron chi connectivity index (χ3n) is 3.30. The summed E-state index contributed by atoms with van der Waals surface area (Å²) < 4.78 is 45.2. The topological polar surface area (TPSA) is 124 Å². The van der Waals surface area contributed by atoms with E-state index in [9.17, 15) is 28.1 Å². The minimum Gasteiger partial charge on any atom is -0.464 e. The molecule has 8 nitrogen and oxygen atoms in total. The molecule has 11 heteroatoms. The SMILES string of the molecule is COC(=O)c1c(N)c(C#N)cn1-c1ccc([N+](=O)[O-])cc1C(F)(F)F. The minimum atomic E-state index is -4.96. The Bertz CT molecular complexity index is 912. The maximum Gasteiger partial charge on any atom is 0.418 e. The molecule has 0 radical (unpaired) electrons. The molecule has 2 aromatic rings. The summed E-state index contributed by atoms with van der Waals surface area (Å²) >= 11 is 0. The number of nitrogens with two attached hydrogens (primary N) is 1. The number of aromatic nitrogens is 1. The lowest BCUT2D eigenvalue weighted by Crippen LogP contribution is -2.16. The molecule has 0 aliphatic heterocycles. The number of non-ortho nitro benzene ring substituents is 1. The van der Waals surface area contributed by atoms with Crippen molar-refractivity contribution >= 4 is 17.3 Å². The number of esters is 1. The van der Waals surface area contributed by atoms with Crippen LogP contribution in [0.1, 0.15) is 21.6 Å². The van der Waals surface area contributed by atoms with E-state index in [4.69, 9.17) is 11.0 Å². The van der Waals surface area contributed by atoms with E-state index in [2.05, 4.69) is 4.74 Å². The highest BCUT2D eigenvalue weighted by Gasteiger charge is 2.37. The van der Waals surface area contributed by atoms with Gasteiger partial charge in [0.15, 0.2) is 5.69 Å². The zero-order valence-corrected chi connectivity index (χ0v) is 12.5. The van der Waals surface area contributed by atoms with Crippen molar-refractivity contribution in [1.82, 2.24) is 4.57 Å². The predicted molar refractivity (Wildman–Crippen MR) is 77.9 cm³/mol. The standard InChI is InChI=1S/C14H9F3N4O4/c1-25-13(22)12-11(19)7(5-18)6-20(12)10-3-2-8(21(23)24)4-9(10)14(15,16)17/h2-4,6H,19H2,1H3. The molecule has 0 aliphatic carbocycles. The number of hydrogen-bond donors (Lipinski definition) is 1. The second-order valence-corrected chi connectivity index (χ2v) is 4.73. The van der Waals surface area contributed by atoms with Crippen LogP contribution in [0.2, 0.25) is 0 Å². The maximum absolute atomic E-state index is 13.3. The summed E-state index contributed by atoms with van der Waals surface area (Å²) in [6.07, 6.45) is -4.03. The molecule has 2 rings (SSSR count). The fourth-order valence-electron chi connectivity index (χ4n) is 2.18. The van der Waals surface area contributed by atoms with Gasteiger partial charge in [-0.25, -0.2) is 4.79 Å². The van der Waals surface area contributed by atoms with E-state index in [1.165, 1.54) is 0 Å². The summed E-state index contributed by atoms with van der Waals surface area (Å²) in [5.74, 6) is -1.06. The summed E-state index contributed by atoms with van der Waals surface area (Å²) in [6.45, 7) is 0. The Balaban J connectivity index is 2.85. The van der Waals surface area contributed by atoms with Crippen molar-refractivity contribution in [2.75, 3.05) is 12.8 Å². The van der Waals surface area contributed by atoms with Gasteiger partial charge in [-0.3, -0.25) is 10.1 Å². The molecule has 0 saturated carbocycles. The van der Waals surface area contributed by atoms with Gasteiger partial charge in [-0.1, -0.05) is 0 Å². The summed E-state index contributed by atoms with van der Waals surface area (Å²) in [7, 11) is 0.992. The lowest BCUT2D eigenvalue weighted by Gasteiger charge is -2.15. The monoisotopic (exact) mass is 354 g/mol. The minimum absolute atomic E-state index is 0.244. The van der Waals surface area contributed by atoms with Gasteiger partial charge in [0, 0.05) is 18.3 Å². The van der Waals surface area contributed by atoms with Gasteiger partial charge in [0.2, 0.25) is 0 Å². The molecule has 0 fully saturated rings. The summed E-state index contributed by atoms with van der Waals surface area (Å²) in [4.78, 5) is 21.6. The molecule has 1 aromatic carbocycles. The molecule has 0 bridgehead atoms. The zero-order valence-electron chi connectivity index (χ0n) is 12.5. The molecule has 1 aromatic heterocycles. The molecule has 0 spiro atoms. The lowest BCUT2D eigenvalue weighted by atomic mass is 10.1. The Morgan fingerprint density at radius 1 is 1.44 bits per heavy atom. The number of nitrogens with zero attached hydrogens (tertiary/aromatic N) is 3. The van der Waals surface area contributed by atoms with Crippen molar-refractivity contribution in [1.29, 1.82) is 5.26 Å². The van der Waals surface area contributed by atoms with Gasteiger partial charge in [-0.05, 0) is 6.07 Å². The second-order valence-electron chi connectivity index (χ2n) is 4.73. The van der Waals surface area contributed by atoms with Gasteiger partial charge in [0.1, 0.15) is 6.07 Å². The van der Waals surface area contributed by atoms with Crippen LogP contribution in [0.3, 0.4) is 0 Å². The molecule has 1 heterocycles. The molecule has 130 valence electrons.